The minimum absolute atomic E-state index is 0.179. The highest BCUT2D eigenvalue weighted by molar-refractivity contribution is 5.93. The highest BCUT2D eigenvalue weighted by atomic mass is 19.4. The number of anilines is 4. The van der Waals surface area contributed by atoms with Gasteiger partial charge >= 0.3 is 6.18 Å². The number of carbonyl (C=O) groups is 1. The zero-order chi connectivity index (χ0) is 23.3. The molecule has 9 heteroatoms. The summed E-state index contributed by atoms with van der Waals surface area (Å²) in [4.78, 5) is 17.4. The van der Waals surface area contributed by atoms with Gasteiger partial charge in [-0.2, -0.15) is 13.2 Å². The molecule has 6 nitrogen and oxygen atoms in total. The first-order valence-electron chi connectivity index (χ1n) is 9.96. The summed E-state index contributed by atoms with van der Waals surface area (Å²) in [5.41, 5.74) is 7.06. The standard InChI is InChI=1S/C23H24F3N5O/c1-3-31(2)18-6-4-5-15(13-18)14-28-22-19(23(24,25)26)11-12-20(30-22)29-17-9-7-16(8-10-17)21(27)32/h4-13H,3,14H2,1-2H3,(H2,27,32)(H2,28,29,30). The van der Waals surface area contributed by atoms with Crippen LogP contribution in [0.4, 0.5) is 36.2 Å². The van der Waals surface area contributed by atoms with Crippen LogP contribution in [0.1, 0.15) is 28.4 Å². The number of hydrogen-bond acceptors (Lipinski definition) is 5. The lowest BCUT2D eigenvalue weighted by molar-refractivity contribution is -0.137. The number of aromatic nitrogens is 1. The van der Waals surface area contributed by atoms with Crippen molar-refractivity contribution in [3.63, 3.8) is 0 Å². The number of primary amides is 1. The van der Waals surface area contributed by atoms with E-state index in [-0.39, 0.29) is 18.2 Å². The smallest absolute Gasteiger partial charge is 0.375 e. The number of pyridine rings is 1. The molecule has 0 saturated carbocycles. The molecule has 0 saturated heterocycles. The molecule has 0 aliphatic rings. The van der Waals surface area contributed by atoms with Gasteiger partial charge in [-0.25, -0.2) is 4.98 Å². The molecule has 0 aliphatic carbocycles. The van der Waals surface area contributed by atoms with Crippen molar-refractivity contribution in [2.45, 2.75) is 19.6 Å². The van der Waals surface area contributed by atoms with E-state index in [1.54, 1.807) is 12.1 Å². The second-order valence-electron chi connectivity index (χ2n) is 7.19. The second-order valence-corrected chi connectivity index (χ2v) is 7.19. The van der Waals surface area contributed by atoms with Gasteiger partial charge in [-0.3, -0.25) is 4.79 Å². The number of alkyl halides is 3. The van der Waals surface area contributed by atoms with Crippen molar-refractivity contribution >= 4 is 28.9 Å². The van der Waals surface area contributed by atoms with Crippen molar-refractivity contribution < 1.29 is 18.0 Å². The van der Waals surface area contributed by atoms with Crippen molar-refractivity contribution in [1.29, 1.82) is 0 Å². The number of nitrogens with one attached hydrogen (secondary N) is 2. The maximum absolute atomic E-state index is 13.5. The quantitative estimate of drug-likeness (QED) is 0.456. The van der Waals surface area contributed by atoms with Gasteiger partial charge in [0.15, 0.2) is 0 Å². The molecule has 1 amide bonds. The minimum atomic E-state index is -4.55. The molecule has 0 atom stereocenters. The lowest BCUT2D eigenvalue weighted by Crippen LogP contribution is -2.16. The number of nitrogens with two attached hydrogens (primary N) is 1. The molecule has 3 rings (SSSR count). The first-order chi connectivity index (χ1) is 15.2. The third-order valence-electron chi connectivity index (χ3n) is 4.93. The number of nitrogens with zero attached hydrogens (tertiary/aromatic N) is 2. The summed E-state index contributed by atoms with van der Waals surface area (Å²) in [6.45, 7) is 3.01. The number of rotatable bonds is 8. The summed E-state index contributed by atoms with van der Waals surface area (Å²) >= 11 is 0. The average molecular weight is 443 g/mol. The van der Waals surface area contributed by atoms with Crippen LogP contribution in [0.5, 0.6) is 0 Å². The zero-order valence-corrected chi connectivity index (χ0v) is 17.7. The van der Waals surface area contributed by atoms with Crippen LogP contribution in [0, 0.1) is 0 Å². The van der Waals surface area contributed by atoms with Crippen LogP contribution in [0.15, 0.2) is 60.7 Å². The van der Waals surface area contributed by atoms with E-state index in [1.807, 2.05) is 43.1 Å². The van der Waals surface area contributed by atoms with Gasteiger partial charge in [-0.1, -0.05) is 12.1 Å². The maximum Gasteiger partial charge on any atom is 0.419 e. The van der Waals surface area contributed by atoms with Crippen LogP contribution in [0.25, 0.3) is 0 Å². The highest BCUT2D eigenvalue weighted by Crippen LogP contribution is 2.35. The predicted molar refractivity (Wildman–Crippen MR) is 120 cm³/mol. The summed E-state index contributed by atoms with van der Waals surface area (Å²) in [5, 5.41) is 5.76. The van der Waals surface area contributed by atoms with Crippen LogP contribution in [-0.2, 0) is 12.7 Å². The molecule has 0 unspecified atom stereocenters. The van der Waals surface area contributed by atoms with E-state index in [0.29, 0.717) is 11.3 Å². The summed E-state index contributed by atoms with van der Waals surface area (Å²) in [5.74, 6) is -0.609. The van der Waals surface area contributed by atoms with Gasteiger partial charge in [-0.15, -0.1) is 0 Å². The van der Waals surface area contributed by atoms with E-state index in [1.165, 1.54) is 18.2 Å². The predicted octanol–water partition coefficient (Wildman–Crippen LogP) is 5.01. The largest absolute Gasteiger partial charge is 0.419 e. The fraction of sp³-hybridized carbons (Fsp3) is 0.217. The Kier molecular flexibility index (Phi) is 6.87. The Balaban J connectivity index is 1.82. The molecule has 0 radical (unpaired) electrons. The van der Waals surface area contributed by atoms with Crippen molar-refractivity contribution in [2.75, 3.05) is 29.1 Å². The molecular weight excluding hydrogens is 419 g/mol. The van der Waals surface area contributed by atoms with Crippen molar-refractivity contribution in [3.05, 3.63) is 77.4 Å². The summed E-state index contributed by atoms with van der Waals surface area (Å²) in [6, 6.07) is 16.1. The molecule has 0 fully saturated rings. The van der Waals surface area contributed by atoms with E-state index in [0.717, 1.165) is 23.9 Å². The van der Waals surface area contributed by atoms with Crippen LogP contribution in [0.3, 0.4) is 0 Å². The monoisotopic (exact) mass is 443 g/mol. The molecule has 1 heterocycles. The zero-order valence-electron chi connectivity index (χ0n) is 17.7. The molecule has 0 aliphatic heterocycles. The third kappa shape index (κ3) is 5.69. The van der Waals surface area contributed by atoms with E-state index in [9.17, 15) is 18.0 Å². The molecule has 168 valence electrons. The van der Waals surface area contributed by atoms with Gasteiger partial charge in [0.25, 0.3) is 0 Å². The van der Waals surface area contributed by atoms with Crippen molar-refractivity contribution in [1.82, 2.24) is 4.98 Å². The van der Waals surface area contributed by atoms with E-state index in [4.69, 9.17) is 5.73 Å². The Labute approximate surface area is 184 Å². The summed E-state index contributed by atoms with van der Waals surface area (Å²) in [6.07, 6.45) is -4.55. The van der Waals surface area contributed by atoms with Crippen LogP contribution < -0.4 is 21.3 Å². The molecule has 0 bridgehead atoms. The SMILES string of the molecule is CCN(C)c1cccc(CNc2nc(Nc3ccc(C(N)=O)cc3)ccc2C(F)(F)F)c1. The van der Waals surface area contributed by atoms with Crippen LogP contribution >= 0.6 is 0 Å². The number of benzene rings is 2. The van der Waals surface area contributed by atoms with Gasteiger partial charge in [0.05, 0.1) is 5.56 Å². The topological polar surface area (TPSA) is 83.3 Å². The van der Waals surface area contributed by atoms with Gasteiger partial charge in [0.2, 0.25) is 5.91 Å². The van der Waals surface area contributed by atoms with Crippen LogP contribution in [-0.4, -0.2) is 24.5 Å². The van der Waals surface area contributed by atoms with Gasteiger partial charge < -0.3 is 21.3 Å². The summed E-state index contributed by atoms with van der Waals surface area (Å²) < 4.78 is 40.6. The molecule has 2 aromatic carbocycles. The maximum atomic E-state index is 13.5. The Bertz CT molecular complexity index is 1080. The van der Waals surface area contributed by atoms with E-state index < -0.39 is 17.6 Å². The molecular formula is C23H24F3N5O. The Morgan fingerprint density at radius 3 is 2.44 bits per heavy atom. The molecule has 3 aromatic rings. The van der Waals surface area contributed by atoms with Gasteiger partial charge in [-0.05, 0) is 61.0 Å². The highest BCUT2D eigenvalue weighted by Gasteiger charge is 2.34. The Morgan fingerprint density at radius 2 is 1.81 bits per heavy atom. The average Bonchev–Trinajstić information content (AvgIpc) is 2.77. The molecule has 4 N–H and O–H groups in total. The second kappa shape index (κ2) is 9.59. The lowest BCUT2D eigenvalue weighted by Gasteiger charge is -2.18. The number of carbonyl (C=O) groups excluding carboxylic acids is 1. The van der Waals surface area contributed by atoms with E-state index >= 15 is 0 Å². The fourth-order valence-electron chi connectivity index (χ4n) is 3.03. The summed E-state index contributed by atoms with van der Waals surface area (Å²) in [7, 11) is 1.95. The van der Waals surface area contributed by atoms with E-state index in [2.05, 4.69) is 15.6 Å². The Morgan fingerprint density at radius 1 is 1.09 bits per heavy atom. The number of halogens is 3. The van der Waals surface area contributed by atoms with Crippen molar-refractivity contribution in [2.24, 2.45) is 5.73 Å². The van der Waals surface area contributed by atoms with Gasteiger partial charge in [0.1, 0.15) is 11.6 Å². The molecule has 0 spiro atoms. The Hall–Kier alpha value is -3.75. The van der Waals surface area contributed by atoms with Crippen LogP contribution in [0.2, 0.25) is 0 Å². The normalized spacial score (nSPS) is 11.2. The number of hydrogen-bond donors (Lipinski definition) is 3. The molecule has 32 heavy (non-hydrogen) atoms. The fourth-order valence-corrected chi connectivity index (χ4v) is 3.03. The third-order valence-corrected chi connectivity index (χ3v) is 4.93. The first kappa shape index (κ1) is 22.9. The lowest BCUT2D eigenvalue weighted by atomic mass is 10.1. The van der Waals surface area contributed by atoms with Crippen molar-refractivity contribution in [3.8, 4) is 0 Å². The first-order valence-corrected chi connectivity index (χ1v) is 9.96. The number of amides is 1. The molecule has 1 aromatic heterocycles. The van der Waals surface area contributed by atoms with Gasteiger partial charge in [0, 0.05) is 37.1 Å². The minimum Gasteiger partial charge on any atom is -0.375 e.